The van der Waals surface area contributed by atoms with E-state index >= 15 is 0 Å². The molecule has 0 saturated carbocycles. The van der Waals surface area contributed by atoms with E-state index in [4.69, 9.17) is 9.47 Å². The lowest BCUT2D eigenvalue weighted by Crippen LogP contribution is -2.17. The Morgan fingerprint density at radius 2 is 1.85 bits per heavy atom. The lowest BCUT2D eigenvalue weighted by atomic mass is 9.85. The predicted octanol–water partition coefficient (Wildman–Crippen LogP) is 5.14. The van der Waals surface area contributed by atoms with Crippen LogP contribution >= 0.6 is 0 Å². The van der Waals surface area contributed by atoms with Gasteiger partial charge in [0.05, 0.1) is 35.6 Å². The predicted molar refractivity (Wildman–Crippen MR) is 111 cm³/mol. The maximum atomic E-state index is 13.3. The minimum Gasteiger partial charge on any atom is -0.496 e. The van der Waals surface area contributed by atoms with Gasteiger partial charge < -0.3 is 9.47 Å². The normalized spacial score (nSPS) is 16.1. The number of methoxy groups -OCH3 is 1. The summed E-state index contributed by atoms with van der Waals surface area (Å²) < 4.78 is 89.2. The summed E-state index contributed by atoms with van der Waals surface area (Å²) in [6, 6.07) is 11.6. The molecule has 3 aromatic rings. The van der Waals surface area contributed by atoms with Gasteiger partial charge >= 0.3 is 6.18 Å². The van der Waals surface area contributed by atoms with Crippen LogP contribution < -0.4 is 9.47 Å². The van der Waals surface area contributed by atoms with Crippen molar-refractivity contribution in [2.24, 2.45) is 0 Å². The molecule has 33 heavy (non-hydrogen) atoms. The van der Waals surface area contributed by atoms with Gasteiger partial charge in [0.25, 0.3) is 0 Å². The topological polar surface area (TPSA) is 65.5 Å². The first-order valence-corrected chi connectivity index (χ1v) is 11.6. The number of aromatic nitrogens is 1. The van der Waals surface area contributed by atoms with Gasteiger partial charge in [-0.2, -0.15) is 17.6 Å². The van der Waals surface area contributed by atoms with E-state index in [1.165, 1.54) is 37.4 Å². The van der Waals surface area contributed by atoms with Crippen molar-refractivity contribution in [2.75, 3.05) is 13.7 Å². The number of benzene rings is 2. The van der Waals surface area contributed by atoms with E-state index in [1.54, 1.807) is 6.07 Å². The van der Waals surface area contributed by atoms with E-state index in [1.807, 2.05) is 0 Å². The molecular weight excluding hydrogens is 462 g/mol. The molecule has 0 saturated heterocycles. The fourth-order valence-corrected chi connectivity index (χ4v) is 5.15. The highest BCUT2D eigenvalue weighted by Crippen LogP contribution is 2.44. The molecule has 0 bridgehead atoms. The average molecular weight is 481 g/mol. The highest BCUT2D eigenvalue weighted by atomic mass is 32.2. The Hall–Kier alpha value is -3.14. The standard InChI is InChI=1S/C23H19F4NO4S/c1-31-20-11-14(23(25,26)27)5-7-18(20)17-9-10-32-21-12-16(6-8-19(17)21)33(29,30)13-15-3-2-4-22(24)28-15/h2-8,11-12,17H,9-10,13H2,1H3/t17-/m1/s1. The smallest absolute Gasteiger partial charge is 0.416 e. The number of alkyl halides is 3. The third kappa shape index (κ3) is 4.80. The highest BCUT2D eigenvalue weighted by molar-refractivity contribution is 7.90. The number of sulfone groups is 1. The summed E-state index contributed by atoms with van der Waals surface area (Å²) in [7, 11) is -2.54. The average Bonchev–Trinajstić information content (AvgIpc) is 2.77. The molecule has 0 spiro atoms. The zero-order valence-electron chi connectivity index (χ0n) is 17.4. The van der Waals surface area contributed by atoms with Crippen molar-refractivity contribution in [2.45, 2.75) is 29.2 Å². The lowest BCUT2D eigenvalue weighted by Gasteiger charge is -2.28. The number of rotatable bonds is 5. The SMILES string of the molecule is COc1cc(C(F)(F)F)ccc1[C@H]1CCOc2cc(S(=O)(=O)Cc3cccc(F)n3)ccc21. The second-order valence-corrected chi connectivity index (χ2v) is 9.54. The Labute approximate surface area is 187 Å². The van der Waals surface area contributed by atoms with Crippen molar-refractivity contribution in [1.29, 1.82) is 0 Å². The van der Waals surface area contributed by atoms with Gasteiger partial charge in [0.1, 0.15) is 11.5 Å². The van der Waals surface area contributed by atoms with Crippen LogP contribution in [0, 0.1) is 5.95 Å². The molecule has 1 aliphatic heterocycles. The molecule has 2 aromatic carbocycles. The van der Waals surface area contributed by atoms with Gasteiger partial charge in [0.15, 0.2) is 9.84 Å². The third-order valence-electron chi connectivity index (χ3n) is 5.43. The van der Waals surface area contributed by atoms with E-state index in [-0.39, 0.29) is 28.9 Å². The maximum absolute atomic E-state index is 13.3. The third-order valence-corrected chi connectivity index (χ3v) is 7.08. The van der Waals surface area contributed by atoms with Gasteiger partial charge in [-0.15, -0.1) is 0 Å². The monoisotopic (exact) mass is 481 g/mol. The molecule has 1 aromatic heterocycles. The number of halogens is 4. The summed E-state index contributed by atoms with van der Waals surface area (Å²) in [4.78, 5) is 3.57. The number of nitrogens with zero attached hydrogens (tertiary/aromatic N) is 1. The van der Waals surface area contributed by atoms with Crippen LogP contribution in [-0.4, -0.2) is 27.1 Å². The van der Waals surface area contributed by atoms with Gasteiger partial charge in [-0.3, -0.25) is 0 Å². The molecule has 0 amide bonds. The summed E-state index contributed by atoms with van der Waals surface area (Å²) in [5.41, 5.74) is 0.445. The van der Waals surface area contributed by atoms with Gasteiger partial charge in [-0.25, -0.2) is 13.4 Å². The molecule has 0 N–H and O–H groups in total. The van der Waals surface area contributed by atoms with Crippen LogP contribution in [0.3, 0.4) is 0 Å². The van der Waals surface area contributed by atoms with E-state index in [0.717, 1.165) is 18.2 Å². The van der Waals surface area contributed by atoms with E-state index < -0.39 is 33.3 Å². The van der Waals surface area contributed by atoms with Gasteiger partial charge in [-0.1, -0.05) is 18.2 Å². The van der Waals surface area contributed by atoms with E-state index in [0.29, 0.717) is 23.3 Å². The van der Waals surface area contributed by atoms with Crippen LogP contribution in [0.5, 0.6) is 11.5 Å². The molecule has 1 aliphatic rings. The lowest BCUT2D eigenvalue weighted by molar-refractivity contribution is -0.137. The summed E-state index contributed by atoms with van der Waals surface area (Å²) in [5, 5.41) is 0. The molecule has 4 rings (SSSR count). The van der Waals surface area contributed by atoms with Crippen molar-refractivity contribution in [1.82, 2.24) is 4.98 Å². The maximum Gasteiger partial charge on any atom is 0.416 e. The van der Waals surface area contributed by atoms with Gasteiger partial charge in [-0.05, 0) is 42.8 Å². The fourth-order valence-electron chi connectivity index (χ4n) is 3.87. The summed E-state index contributed by atoms with van der Waals surface area (Å²) >= 11 is 0. The molecular formula is C23H19F4NO4S. The minimum atomic E-state index is -4.50. The van der Waals surface area contributed by atoms with Crippen LogP contribution in [0.15, 0.2) is 59.5 Å². The number of hydrogen-bond donors (Lipinski definition) is 0. The van der Waals surface area contributed by atoms with E-state index in [9.17, 15) is 26.0 Å². The molecule has 0 aliphatic carbocycles. The molecule has 0 fully saturated rings. The Kier molecular flexibility index (Phi) is 6.04. The minimum absolute atomic E-state index is 0.0210. The van der Waals surface area contributed by atoms with Crippen molar-refractivity contribution in [3.8, 4) is 11.5 Å². The Morgan fingerprint density at radius 3 is 2.55 bits per heavy atom. The molecule has 10 heteroatoms. The summed E-state index contributed by atoms with van der Waals surface area (Å²) in [6.45, 7) is 0.247. The van der Waals surface area contributed by atoms with Gasteiger partial charge in [0.2, 0.25) is 5.95 Å². The van der Waals surface area contributed by atoms with Gasteiger partial charge in [0, 0.05) is 17.0 Å². The number of fused-ring (bicyclic) bond motifs is 1. The quantitative estimate of drug-likeness (QED) is 0.373. The van der Waals surface area contributed by atoms with Crippen LogP contribution in [0.2, 0.25) is 0 Å². The second-order valence-electron chi connectivity index (χ2n) is 7.55. The summed E-state index contributed by atoms with van der Waals surface area (Å²) in [6.07, 6.45) is -4.02. The number of ether oxygens (including phenoxy) is 2. The molecule has 2 heterocycles. The molecule has 0 radical (unpaired) electrons. The Balaban J connectivity index is 1.68. The fraction of sp³-hybridized carbons (Fsp3) is 0.261. The zero-order chi connectivity index (χ0) is 23.8. The first-order chi connectivity index (χ1) is 15.6. The number of hydrogen-bond acceptors (Lipinski definition) is 5. The molecule has 1 atom stereocenters. The highest BCUT2D eigenvalue weighted by Gasteiger charge is 2.33. The van der Waals surface area contributed by atoms with Crippen molar-refractivity contribution in [3.63, 3.8) is 0 Å². The summed E-state index contributed by atoms with van der Waals surface area (Å²) in [5.74, 6) is -1.19. The molecule has 5 nitrogen and oxygen atoms in total. The molecule has 0 unspecified atom stereocenters. The Bertz CT molecular complexity index is 1290. The Morgan fingerprint density at radius 1 is 1.09 bits per heavy atom. The van der Waals surface area contributed by atoms with Crippen molar-refractivity contribution >= 4 is 9.84 Å². The van der Waals surface area contributed by atoms with Crippen molar-refractivity contribution in [3.05, 3.63) is 82.9 Å². The first kappa shape index (κ1) is 23.0. The number of pyridine rings is 1. The van der Waals surface area contributed by atoms with Crippen LogP contribution in [0.1, 0.15) is 34.7 Å². The first-order valence-electron chi connectivity index (χ1n) is 9.94. The van der Waals surface area contributed by atoms with Crippen LogP contribution in [-0.2, 0) is 21.8 Å². The van der Waals surface area contributed by atoms with Crippen LogP contribution in [0.25, 0.3) is 0 Å². The van der Waals surface area contributed by atoms with Crippen LogP contribution in [0.4, 0.5) is 17.6 Å². The van der Waals surface area contributed by atoms with Crippen molar-refractivity contribution < 1.29 is 35.5 Å². The molecule has 174 valence electrons. The second kappa shape index (κ2) is 8.66. The largest absolute Gasteiger partial charge is 0.496 e. The zero-order valence-corrected chi connectivity index (χ0v) is 18.2. The van der Waals surface area contributed by atoms with E-state index in [2.05, 4.69) is 4.98 Å².